The van der Waals surface area contributed by atoms with Crippen LogP contribution < -0.4 is 5.73 Å². The topological polar surface area (TPSA) is 35.2 Å². The molecule has 78 valence electrons. The summed E-state index contributed by atoms with van der Waals surface area (Å²) in [7, 11) is 0. The van der Waals surface area contributed by atoms with Crippen LogP contribution in [0.3, 0.4) is 0 Å². The average Bonchev–Trinajstić information content (AvgIpc) is 2.19. The number of benzene rings is 1. The van der Waals surface area contributed by atoms with Crippen molar-refractivity contribution in [2.24, 2.45) is 5.73 Å². The molecule has 14 heavy (non-hydrogen) atoms. The van der Waals surface area contributed by atoms with Crippen molar-refractivity contribution in [3.8, 4) is 0 Å². The van der Waals surface area contributed by atoms with E-state index in [2.05, 4.69) is 22.9 Å². The molecule has 1 aromatic rings. The highest BCUT2D eigenvalue weighted by Crippen LogP contribution is 2.15. The molecule has 2 nitrogen and oxygen atoms in total. The Labute approximate surface area is 93.6 Å². The van der Waals surface area contributed by atoms with Crippen LogP contribution in [-0.2, 0) is 4.74 Å². The molecule has 2 N–H and O–H groups in total. The highest BCUT2D eigenvalue weighted by Gasteiger charge is 2.04. The molecule has 0 aliphatic heterocycles. The SMILES string of the molecule is CCCOCC(N)c1ccc(Br)cc1. The summed E-state index contributed by atoms with van der Waals surface area (Å²) in [4.78, 5) is 0. The van der Waals surface area contributed by atoms with E-state index in [0.717, 1.165) is 23.1 Å². The Kier molecular flexibility index (Phi) is 5.15. The van der Waals surface area contributed by atoms with Gasteiger partial charge in [-0.25, -0.2) is 0 Å². The lowest BCUT2D eigenvalue weighted by Gasteiger charge is -2.12. The maximum Gasteiger partial charge on any atom is 0.0659 e. The molecule has 0 saturated carbocycles. The average molecular weight is 258 g/mol. The standard InChI is InChI=1S/C11H16BrNO/c1-2-7-14-8-11(13)9-3-5-10(12)6-4-9/h3-6,11H,2,7-8,13H2,1H3. The number of rotatable bonds is 5. The minimum Gasteiger partial charge on any atom is -0.379 e. The Morgan fingerprint density at radius 1 is 1.36 bits per heavy atom. The zero-order chi connectivity index (χ0) is 10.4. The van der Waals surface area contributed by atoms with Gasteiger partial charge in [0.1, 0.15) is 0 Å². The second-order valence-electron chi connectivity index (χ2n) is 3.23. The van der Waals surface area contributed by atoms with Crippen molar-refractivity contribution in [2.75, 3.05) is 13.2 Å². The minimum absolute atomic E-state index is 0.0188. The summed E-state index contributed by atoms with van der Waals surface area (Å²) in [6.07, 6.45) is 1.03. The maximum atomic E-state index is 5.95. The minimum atomic E-state index is -0.0188. The van der Waals surface area contributed by atoms with E-state index in [9.17, 15) is 0 Å². The Balaban J connectivity index is 2.43. The predicted molar refractivity (Wildman–Crippen MR) is 62.2 cm³/mol. The molecule has 1 unspecified atom stereocenters. The lowest BCUT2D eigenvalue weighted by Crippen LogP contribution is -2.17. The second kappa shape index (κ2) is 6.17. The van der Waals surface area contributed by atoms with Gasteiger partial charge in [0.05, 0.1) is 12.6 Å². The molecule has 0 aliphatic carbocycles. The molecule has 0 aliphatic rings. The first-order chi connectivity index (χ1) is 6.74. The van der Waals surface area contributed by atoms with Crippen LogP contribution in [-0.4, -0.2) is 13.2 Å². The summed E-state index contributed by atoms with van der Waals surface area (Å²) >= 11 is 3.39. The van der Waals surface area contributed by atoms with Gasteiger partial charge >= 0.3 is 0 Å². The summed E-state index contributed by atoms with van der Waals surface area (Å²) < 4.78 is 6.46. The molecule has 1 aromatic carbocycles. The summed E-state index contributed by atoms with van der Waals surface area (Å²) in [6, 6.07) is 8.01. The van der Waals surface area contributed by atoms with Gasteiger partial charge in [0.25, 0.3) is 0 Å². The third-order valence-corrected chi connectivity index (χ3v) is 2.47. The zero-order valence-electron chi connectivity index (χ0n) is 8.37. The molecule has 1 rings (SSSR count). The van der Waals surface area contributed by atoms with Crippen LogP contribution >= 0.6 is 15.9 Å². The van der Waals surface area contributed by atoms with Crippen LogP contribution in [0.15, 0.2) is 28.7 Å². The molecule has 0 spiro atoms. The Hall–Kier alpha value is -0.380. The van der Waals surface area contributed by atoms with Gasteiger partial charge in [-0.2, -0.15) is 0 Å². The molecule has 0 aromatic heterocycles. The van der Waals surface area contributed by atoms with Gasteiger partial charge in [0.2, 0.25) is 0 Å². The van der Waals surface area contributed by atoms with E-state index in [0.29, 0.717) is 6.61 Å². The number of hydrogen-bond acceptors (Lipinski definition) is 2. The highest BCUT2D eigenvalue weighted by molar-refractivity contribution is 9.10. The molecule has 0 fully saturated rings. The van der Waals surface area contributed by atoms with Gasteiger partial charge in [0.15, 0.2) is 0 Å². The van der Waals surface area contributed by atoms with Gasteiger partial charge in [-0.1, -0.05) is 35.0 Å². The molecule has 1 atom stereocenters. The van der Waals surface area contributed by atoms with Crippen LogP contribution in [0.1, 0.15) is 24.9 Å². The fourth-order valence-electron chi connectivity index (χ4n) is 1.16. The van der Waals surface area contributed by atoms with Crippen molar-refractivity contribution >= 4 is 15.9 Å². The van der Waals surface area contributed by atoms with Crippen LogP contribution in [0, 0.1) is 0 Å². The fourth-order valence-corrected chi connectivity index (χ4v) is 1.43. The quantitative estimate of drug-likeness (QED) is 0.824. The van der Waals surface area contributed by atoms with E-state index < -0.39 is 0 Å². The maximum absolute atomic E-state index is 5.95. The molecule has 0 heterocycles. The summed E-state index contributed by atoms with van der Waals surface area (Å²) in [6.45, 7) is 3.46. The Morgan fingerprint density at radius 2 is 2.00 bits per heavy atom. The van der Waals surface area contributed by atoms with Crippen molar-refractivity contribution in [1.82, 2.24) is 0 Å². The van der Waals surface area contributed by atoms with Gasteiger partial charge in [0, 0.05) is 11.1 Å². The van der Waals surface area contributed by atoms with E-state index in [4.69, 9.17) is 10.5 Å². The van der Waals surface area contributed by atoms with E-state index in [1.54, 1.807) is 0 Å². The third-order valence-electron chi connectivity index (χ3n) is 1.94. The number of ether oxygens (including phenoxy) is 1. The van der Waals surface area contributed by atoms with Crippen molar-refractivity contribution in [1.29, 1.82) is 0 Å². The van der Waals surface area contributed by atoms with E-state index >= 15 is 0 Å². The third kappa shape index (κ3) is 3.78. The first kappa shape index (κ1) is 11.7. The van der Waals surface area contributed by atoms with E-state index in [1.165, 1.54) is 0 Å². The molecular weight excluding hydrogens is 242 g/mol. The van der Waals surface area contributed by atoms with Gasteiger partial charge in [-0.05, 0) is 24.1 Å². The first-order valence-corrected chi connectivity index (χ1v) is 5.62. The van der Waals surface area contributed by atoms with Crippen molar-refractivity contribution < 1.29 is 4.74 Å². The van der Waals surface area contributed by atoms with E-state index in [1.807, 2.05) is 24.3 Å². The largest absolute Gasteiger partial charge is 0.379 e. The monoisotopic (exact) mass is 257 g/mol. The lowest BCUT2D eigenvalue weighted by atomic mass is 10.1. The normalized spacial score (nSPS) is 12.8. The first-order valence-electron chi connectivity index (χ1n) is 4.83. The number of halogens is 1. The Morgan fingerprint density at radius 3 is 2.57 bits per heavy atom. The smallest absolute Gasteiger partial charge is 0.0659 e. The van der Waals surface area contributed by atoms with E-state index in [-0.39, 0.29) is 6.04 Å². The highest BCUT2D eigenvalue weighted by atomic mass is 79.9. The van der Waals surface area contributed by atoms with Crippen LogP contribution in [0.4, 0.5) is 0 Å². The van der Waals surface area contributed by atoms with Crippen molar-refractivity contribution in [2.45, 2.75) is 19.4 Å². The summed E-state index contributed by atoms with van der Waals surface area (Å²) in [5.41, 5.74) is 7.06. The zero-order valence-corrected chi connectivity index (χ0v) is 9.96. The van der Waals surface area contributed by atoms with Crippen molar-refractivity contribution in [3.63, 3.8) is 0 Å². The van der Waals surface area contributed by atoms with Crippen LogP contribution in [0.5, 0.6) is 0 Å². The van der Waals surface area contributed by atoms with Gasteiger partial charge < -0.3 is 10.5 Å². The fraction of sp³-hybridized carbons (Fsp3) is 0.455. The van der Waals surface area contributed by atoms with Crippen LogP contribution in [0.25, 0.3) is 0 Å². The lowest BCUT2D eigenvalue weighted by molar-refractivity contribution is 0.121. The van der Waals surface area contributed by atoms with Gasteiger partial charge in [-0.3, -0.25) is 0 Å². The summed E-state index contributed by atoms with van der Waals surface area (Å²) in [5, 5.41) is 0. The molecule has 0 bridgehead atoms. The van der Waals surface area contributed by atoms with Crippen molar-refractivity contribution in [3.05, 3.63) is 34.3 Å². The second-order valence-corrected chi connectivity index (χ2v) is 4.15. The number of hydrogen-bond donors (Lipinski definition) is 1. The molecular formula is C11H16BrNO. The van der Waals surface area contributed by atoms with Gasteiger partial charge in [-0.15, -0.1) is 0 Å². The molecule has 0 radical (unpaired) electrons. The predicted octanol–water partition coefficient (Wildman–Crippen LogP) is 2.88. The number of nitrogens with two attached hydrogens (primary N) is 1. The molecule has 0 saturated heterocycles. The Bertz CT molecular complexity index is 260. The summed E-state index contributed by atoms with van der Waals surface area (Å²) in [5.74, 6) is 0. The molecule has 3 heteroatoms. The molecule has 0 amide bonds. The van der Waals surface area contributed by atoms with Crippen LogP contribution in [0.2, 0.25) is 0 Å².